The summed E-state index contributed by atoms with van der Waals surface area (Å²) in [7, 11) is 0. The van der Waals surface area contributed by atoms with Crippen LogP contribution in [0.15, 0.2) is 42.9 Å². The predicted octanol–water partition coefficient (Wildman–Crippen LogP) is 2.98. The third kappa shape index (κ3) is 3.01. The van der Waals surface area contributed by atoms with E-state index in [1.165, 1.54) is 16.8 Å². The van der Waals surface area contributed by atoms with Crippen LogP contribution in [0.3, 0.4) is 0 Å². The monoisotopic (exact) mass is 323 g/mol. The molecular weight excluding hydrogens is 316 g/mol. The first-order valence-corrected chi connectivity index (χ1v) is 6.46. The van der Waals surface area contributed by atoms with E-state index < -0.39 is 6.61 Å². The van der Waals surface area contributed by atoms with Crippen molar-refractivity contribution in [2.24, 2.45) is 0 Å². The lowest BCUT2D eigenvalue weighted by Gasteiger charge is -2.08. The average Bonchev–Trinajstić information content (AvgIpc) is 3.00. The topological polar surface area (TPSA) is 65.7 Å². The van der Waals surface area contributed by atoms with E-state index in [4.69, 9.17) is 11.6 Å². The lowest BCUT2D eigenvalue weighted by atomic mass is 10.3. The van der Waals surface area contributed by atoms with Gasteiger partial charge in [0.25, 0.3) is 0 Å². The highest BCUT2D eigenvalue weighted by Crippen LogP contribution is 2.28. The molecule has 0 saturated carbocycles. The molecular formula is C13H8ClF2N5O. The molecule has 22 heavy (non-hydrogen) atoms. The number of benzene rings is 1. The number of aromatic nitrogens is 5. The third-order valence-corrected chi connectivity index (χ3v) is 3.00. The van der Waals surface area contributed by atoms with Gasteiger partial charge in [0.15, 0.2) is 11.5 Å². The fraction of sp³-hybridized carbons (Fsp3) is 0.0769. The Kier molecular flexibility index (Phi) is 3.92. The summed E-state index contributed by atoms with van der Waals surface area (Å²) in [6, 6.07) is 6.07. The van der Waals surface area contributed by atoms with E-state index in [0.29, 0.717) is 17.2 Å². The van der Waals surface area contributed by atoms with Crippen LogP contribution in [0, 0.1) is 0 Å². The standard InChI is InChI=1S/C13H8ClF2N5O/c14-9-3-2-8(6-11(9)22-13(15)16)21-7-10(19-20-21)12-17-4-1-5-18-12/h1-7,13H. The van der Waals surface area contributed by atoms with Crippen molar-refractivity contribution < 1.29 is 13.5 Å². The zero-order valence-electron chi connectivity index (χ0n) is 10.9. The molecule has 3 rings (SSSR count). The highest BCUT2D eigenvalue weighted by molar-refractivity contribution is 6.32. The van der Waals surface area contributed by atoms with Gasteiger partial charge in [0.05, 0.1) is 16.9 Å². The van der Waals surface area contributed by atoms with Crippen molar-refractivity contribution in [3.8, 4) is 23.0 Å². The van der Waals surface area contributed by atoms with Crippen molar-refractivity contribution >= 4 is 11.6 Å². The molecule has 0 aliphatic heterocycles. The maximum atomic E-state index is 12.3. The van der Waals surface area contributed by atoms with Gasteiger partial charge >= 0.3 is 6.61 Å². The molecule has 0 N–H and O–H groups in total. The van der Waals surface area contributed by atoms with Crippen molar-refractivity contribution in [3.05, 3.63) is 47.9 Å². The first-order chi connectivity index (χ1) is 10.6. The van der Waals surface area contributed by atoms with Crippen molar-refractivity contribution in [3.63, 3.8) is 0 Å². The lowest BCUT2D eigenvalue weighted by molar-refractivity contribution is -0.0497. The van der Waals surface area contributed by atoms with Gasteiger partial charge in [-0.05, 0) is 18.2 Å². The first kappa shape index (κ1) is 14.3. The summed E-state index contributed by atoms with van der Waals surface area (Å²) in [5.41, 5.74) is 0.918. The van der Waals surface area contributed by atoms with Crippen molar-refractivity contribution in [1.82, 2.24) is 25.0 Å². The van der Waals surface area contributed by atoms with Crippen LogP contribution in [-0.4, -0.2) is 31.6 Å². The number of hydrogen-bond donors (Lipinski definition) is 0. The molecule has 3 aromatic rings. The van der Waals surface area contributed by atoms with Gasteiger partial charge in [-0.1, -0.05) is 16.8 Å². The summed E-state index contributed by atoms with van der Waals surface area (Å²) < 4.78 is 30.4. The van der Waals surface area contributed by atoms with Crippen molar-refractivity contribution in [2.75, 3.05) is 0 Å². The molecule has 6 nitrogen and oxygen atoms in total. The van der Waals surface area contributed by atoms with E-state index in [1.807, 2.05) is 0 Å². The largest absolute Gasteiger partial charge is 0.433 e. The number of hydrogen-bond acceptors (Lipinski definition) is 5. The smallest absolute Gasteiger partial charge is 0.387 e. The van der Waals surface area contributed by atoms with Gasteiger partial charge in [0.1, 0.15) is 5.75 Å². The Bertz CT molecular complexity index is 781. The highest BCUT2D eigenvalue weighted by atomic mass is 35.5. The van der Waals surface area contributed by atoms with Gasteiger partial charge in [0.2, 0.25) is 0 Å². The second kappa shape index (κ2) is 6.02. The van der Waals surface area contributed by atoms with Gasteiger partial charge in [-0.15, -0.1) is 5.10 Å². The van der Waals surface area contributed by atoms with Gasteiger partial charge in [-0.3, -0.25) is 0 Å². The average molecular weight is 324 g/mol. The summed E-state index contributed by atoms with van der Waals surface area (Å²) in [5.74, 6) is 0.272. The number of halogens is 3. The van der Waals surface area contributed by atoms with Crippen LogP contribution < -0.4 is 4.74 Å². The summed E-state index contributed by atoms with van der Waals surface area (Å²) >= 11 is 5.81. The number of rotatable bonds is 4. The molecule has 2 heterocycles. The third-order valence-electron chi connectivity index (χ3n) is 2.68. The molecule has 0 amide bonds. The van der Waals surface area contributed by atoms with Crippen LogP contribution in [0.4, 0.5) is 8.78 Å². The Morgan fingerprint density at radius 2 is 1.95 bits per heavy atom. The molecule has 0 atom stereocenters. The van der Waals surface area contributed by atoms with E-state index >= 15 is 0 Å². The fourth-order valence-electron chi connectivity index (χ4n) is 1.74. The maximum Gasteiger partial charge on any atom is 0.387 e. The Morgan fingerprint density at radius 1 is 1.18 bits per heavy atom. The van der Waals surface area contributed by atoms with Crippen molar-refractivity contribution in [1.29, 1.82) is 0 Å². The second-order valence-corrected chi connectivity index (χ2v) is 4.52. The number of alkyl halides is 2. The summed E-state index contributed by atoms with van der Waals surface area (Å²) in [4.78, 5) is 8.11. The molecule has 0 radical (unpaired) electrons. The molecule has 0 spiro atoms. The number of nitrogens with zero attached hydrogens (tertiary/aromatic N) is 5. The SMILES string of the molecule is FC(F)Oc1cc(-n2cc(-c3ncccn3)nn2)ccc1Cl. The lowest BCUT2D eigenvalue weighted by Crippen LogP contribution is -2.03. The zero-order valence-corrected chi connectivity index (χ0v) is 11.7. The van der Waals surface area contributed by atoms with Gasteiger partial charge in [-0.2, -0.15) is 8.78 Å². The van der Waals surface area contributed by atoms with E-state index in [-0.39, 0.29) is 10.8 Å². The molecule has 0 aliphatic carbocycles. The van der Waals surface area contributed by atoms with E-state index in [9.17, 15) is 8.78 Å². The quantitative estimate of drug-likeness (QED) is 0.738. The molecule has 0 aliphatic rings. The molecule has 0 unspecified atom stereocenters. The zero-order chi connectivity index (χ0) is 15.5. The predicted molar refractivity (Wildman–Crippen MR) is 74.0 cm³/mol. The molecule has 1 aromatic carbocycles. The van der Waals surface area contributed by atoms with E-state index in [2.05, 4.69) is 25.0 Å². The van der Waals surface area contributed by atoms with Crippen molar-refractivity contribution in [2.45, 2.75) is 6.61 Å². The summed E-state index contributed by atoms with van der Waals surface area (Å²) in [6.45, 7) is -2.96. The Hall–Kier alpha value is -2.61. The first-order valence-electron chi connectivity index (χ1n) is 6.08. The van der Waals surface area contributed by atoms with Crippen LogP contribution >= 0.6 is 11.6 Å². The van der Waals surface area contributed by atoms with E-state index in [0.717, 1.165) is 0 Å². The molecule has 0 bridgehead atoms. The van der Waals surface area contributed by atoms with Crippen LogP contribution in [0.2, 0.25) is 5.02 Å². The second-order valence-electron chi connectivity index (χ2n) is 4.11. The van der Waals surface area contributed by atoms with Gasteiger partial charge < -0.3 is 4.74 Å². The molecule has 2 aromatic heterocycles. The number of ether oxygens (including phenoxy) is 1. The molecule has 9 heteroatoms. The molecule has 0 saturated heterocycles. The maximum absolute atomic E-state index is 12.3. The van der Waals surface area contributed by atoms with E-state index in [1.54, 1.807) is 30.7 Å². The fourth-order valence-corrected chi connectivity index (χ4v) is 1.91. The van der Waals surface area contributed by atoms with Crippen LogP contribution in [0.1, 0.15) is 0 Å². The molecule has 112 valence electrons. The van der Waals surface area contributed by atoms with Crippen LogP contribution in [0.25, 0.3) is 17.2 Å². The van der Waals surface area contributed by atoms with Crippen LogP contribution in [-0.2, 0) is 0 Å². The molecule has 0 fully saturated rings. The Labute approximate surface area is 128 Å². The minimum Gasteiger partial charge on any atom is -0.433 e. The van der Waals surface area contributed by atoms with Gasteiger partial charge in [-0.25, -0.2) is 14.6 Å². The Balaban J connectivity index is 1.93. The summed E-state index contributed by atoms with van der Waals surface area (Å²) in [6.07, 6.45) is 4.74. The minimum absolute atomic E-state index is 0.0794. The van der Waals surface area contributed by atoms with Gasteiger partial charge in [0, 0.05) is 18.5 Å². The highest BCUT2D eigenvalue weighted by Gasteiger charge is 2.12. The Morgan fingerprint density at radius 3 is 2.68 bits per heavy atom. The van der Waals surface area contributed by atoms with Crippen LogP contribution in [0.5, 0.6) is 5.75 Å². The summed E-state index contributed by atoms with van der Waals surface area (Å²) in [5, 5.41) is 7.93. The minimum atomic E-state index is -2.96. The normalized spacial score (nSPS) is 10.9.